The largest absolute Gasteiger partial charge is 0.493 e. The molecule has 3 aromatic rings. The van der Waals surface area contributed by atoms with E-state index in [-0.39, 0.29) is 29.3 Å². The predicted molar refractivity (Wildman–Crippen MR) is 86.7 cm³/mol. The van der Waals surface area contributed by atoms with Crippen LogP contribution >= 0.6 is 0 Å². The van der Waals surface area contributed by atoms with Crippen LogP contribution in [-0.2, 0) is 4.74 Å². The van der Waals surface area contributed by atoms with Gasteiger partial charge in [0.05, 0.1) is 31.6 Å². The van der Waals surface area contributed by atoms with E-state index in [1.165, 1.54) is 16.8 Å². The van der Waals surface area contributed by atoms with Crippen molar-refractivity contribution in [3.8, 4) is 5.88 Å². The molecule has 9 nitrogen and oxygen atoms in total. The molecular formula is C16H14FN5O4. The number of morpholine rings is 1. The van der Waals surface area contributed by atoms with E-state index < -0.39 is 17.8 Å². The number of carbonyl (C=O) groups is 1. The standard InChI is InChI=1S/C16H14FN5O4/c17-9-5-10(15(23)18-6-9)12-8-26-4-3-21(12)13-1-2-22-14(20-13)11(7-19-22)16(24)25/h1-2,5-7,12H,3-4,8H2,(H,18,23)(H,24,25). The van der Waals surface area contributed by atoms with Crippen LogP contribution in [0.3, 0.4) is 0 Å². The summed E-state index contributed by atoms with van der Waals surface area (Å²) in [6.07, 6.45) is 3.76. The minimum absolute atomic E-state index is 0.0214. The number of hydrogen-bond acceptors (Lipinski definition) is 7. The summed E-state index contributed by atoms with van der Waals surface area (Å²) in [5.74, 6) is -1.52. The number of aromatic carboxylic acids is 1. The number of carboxylic acids is 1. The summed E-state index contributed by atoms with van der Waals surface area (Å²) in [4.78, 5) is 21.2. The lowest BCUT2D eigenvalue weighted by molar-refractivity contribution is 0.0698. The van der Waals surface area contributed by atoms with E-state index in [9.17, 15) is 19.4 Å². The average Bonchev–Trinajstić information content (AvgIpc) is 3.07. The fourth-order valence-electron chi connectivity index (χ4n) is 3.00. The van der Waals surface area contributed by atoms with E-state index in [0.717, 1.165) is 6.20 Å². The van der Waals surface area contributed by atoms with Crippen molar-refractivity contribution in [2.24, 2.45) is 0 Å². The number of aromatic nitrogens is 4. The van der Waals surface area contributed by atoms with Gasteiger partial charge in [0.2, 0.25) is 5.88 Å². The number of halogens is 1. The smallest absolute Gasteiger partial charge is 0.341 e. The van der Waals surface area contributed by atoms with Crippen molar-refractivity contribution >= 4 is 17.4 Å². The predicted octanol–water partition coefficient (Wildman–Crippen LogP) is 1.25. The van der Waals surface area contributed by atoms with Gasteiger partial charge in [-0.25, -0.2) is 23.7 Å². The number of ether oxygens (including phenoxy) is 1. The van der Waals surface area contributed by atoms with Gasteiger partial charge in [0.1, 0.15) is 17.2 Å². The maximum absolute atomic E-state index is 13.6. The molecule has 1 aliphatic rings. The zero-order valence-corrected chi connectivity index (χ0v) is 13.4. The molecule has 1 unspecified atom stereocenters. The number of aromatic hydroxyl groups is 1. The number of anilines is 1. The Kier molecular flexibility index (Phi) is 3.88. The molecule has 1 saturated heterocycles. The van der Waals surface area contributed by atoms with Crippen LogP contribution in [0.25, 0.3) is 5.65 Å². The fourth-order valence-corrected chi connectivity index (χ4v) is 3.00. The van der Waals surface area contributed by atoms with E-state index in [4.69, 9.17) is 4.74 Å². The number of carboxylic acid groups (broad SMARTS) is 1. The number of rotatable bonds is 3. The molecule has 0 radical (unpaired) electrons. The Labute approximate surface area is 146 Å². The molecule has 0 aliphatic carbocycles. The average molecular weight is 359 g/mol. The molecule has 1 aliphatic heterocycles. The molecule has 0 bridgehead atoms. The number of fused-ring (bicyclic) bond motifs is 1. The van der Waals surface area contributed by atoms with Gasteiger partial charge < -0.3 is 19.8 Å². The van der Waals surface area contributed by atoms with Crippen LogP contribution < -0.4 is 4.90 Å². The summed E-state index contributed by atoms with van der Waals surface area (Å²) < 4.78 is 20.5. The molecular weight excluding hydrogens is 345 g/mol. The summed E-state index contributed by atoms with van der Waals surface area (Å²) in [7, 11) is 0. The van der Waals surface area contributed by atoms with Crippen LogP contribution in [0, 0.1) is 5.82 Å². The van der Waals surface area contributed by atoms with Gasteiger partial charge in [0, 0.05) is 18.3 Å². The molecule has 4 heterocycles. The Bertz CT molecular complexity index is 992. The second-order valence-electron chi connectivity index (χ2n) is 5.77. The number of nitrogens with zero attached hydrogens (tertiary/aromatic N) is 5. The summed E-state index contributed by atoms with van der Waals surface area (Å²) in [5, 5.41) is 23.3. The molecule has 0 aromatic carbocycles. The van der Waals surface area contributed by atoms with Crippen molar-refractivity contribution in [2.45, 2.75) is 6.04 Å². The van der Waals surface area contributed by atoms with E-state index in [2.05, 4.69) is 15.1 Å². The van der Waals surface area contributed by atoms with E-state index in [1.807, 2.05) is 4.90 Å². The Balaban J connectivity index is 1.79. The molecule has 3 aromatic heterocycles. The zero-order chi connectivity index (χ0) is 18.3. The molecule has 134 valence electrons. The summed E-state index contributed by atoms with van der Waals surface area (Å²) in [5.41, 5.74) is 0.451. The van der Waals surface area contributed by atoms with Crippen molar-refractivity contribution in [1.82, 2.24) is 19.6 Å². The topological polar surface area (TPSA) is 113 Å². The molecule has 4 rings (SSSR count). The van der Waals surface area contributed by atoms with Crippen molar-refractivity contribution in [2.75, 3.05) is 24.7 Å². The highest BCUT2D eigenvalue weighted by Gasteiger charge is 2.29. The maximum Gasteiger partial charge on any atom is 0.341 e. The highest BCUT2D eigenvalue weighted by molar-refractivity contribution is 5.94. The highest BCUT2D eigenvalue weighted by Crippen LogP contribution is 2.33. The minimum atomic E-state index is -1.13. The zero-order valence-electron chi connectivity index (χ0n) is 13.4. The Hall–Kier alpha value is -3.27. The molecule has 1 fully saturated rings. The van der Waals surface area contributed by atoms with E-state index in [0.29, 0.717) is 19.0 Å². The molecule has 2 N–H and O–H groups in total. The molecule has 10 heteroatoms. The molecule has 0 saturated carbocycles. The van der Waals surface area contributed by atoms with Crippen LogP contribution in [0.4, 0.5) is 10.2 Å². The summed E-state index contributed by atoms with van der Waals surface area (Å²) >= 11 is 0. The number of hydrogen-bond donors (Lipinski definition) is 2. The van der Waals surface area contributed by atoms with Gasteiger partial charge >= 0.3 is 5.97 Å². The van der Waals surface area contributed by atoms with Crippen molar-refractivity contribution < 1.29 is 24.1 Å². The van der Waals surface area contributed by atoms with Gasteiger partial charge in [0.25, 0.3) is 0 Å². The summed E-state index contributed by atoms with van der Waals surface area (Å²) in [6.45, 7) is 1.05. The van der Waals surface area contributed by atoms with Gasteiger partial charge in [-0.3, -0.25) is 0 Å². The first-order chi connectivity index (χ1) is 12.5. The van der Waals surface area contributed by atoms with Crippen LogP contribution in [0.15, 0.2) is 30.7 Å². The Morgan fingerprint density at radius 3 is 3.04 bits per heavy atom. The third kappa shape index (κ3) is 2.69. The third-order valence-corrected chi connectivity index (χ3v) is 4.23. The SMILES string of the molecule is O=C(O)c1cnn2ccc(N3CCOCC3c3cc(F)cnc3O)nc12. The second-order valence-corrected chi connectivity index (χ2v) is 5.77. The Morgan fingerprint density at radius 2 is 2.23 bits per heavy atom. The van der Waals surface area contributed by atoms with Crippen molar-refractivity contribution in [3.05, 3.63) is 47.7 Å². The van der Waals surface area contributed by atoms with Crippen molar-refractivity contribution in [1.29, 1.82) is 0 Å². The van der Waals surface area contributed by atoms with Gasteiger partial charge in [-0.2, -0.15) is 5.10 Å². The van der Waals surface area contributed by atoms with Crippen LogP contribution in [0.2, 0.25) is 0 Å². The first-order valence-electron chi connectivity index (χ1n) is 7.81. The maximum atomic E-state index is 13.6. The molecule has 0 spiro atoms. The van der Waals surface area contributed by atoms with Gasteiger partial charge in [-0.1, -0.05) is 0 Å². The second kappa shape index (κ2) is 6.23. The lowest BCUT2D eigenvalue weighted by atomic mass is 10.1. The van der Waals surface area contributed by atoms with Crippen LogP contribution in [-0.4, -0.2) is 55.5 Å². The van der Waals surface area contributed by atoms with E-state index >= 15 is 0 Å². The fraction of sp³-hybridized carbons (Fsp3) is 0.250. The van der Waals surface area contributed by atoms with Crippen LogP contribution in [0.1, 0.15) is 22.0 Å². The quantitative estimate of drug-likeness (QED) is 0.718. The van der Waals surface area contributed by atoms with Crippen molar-refractivity contribution in [3.63, 3.8) is 0 Å². The Morgan fingerprint density at radius 1 is 1.38 bits per heavy atom. The summed E-state index contributed by atoms with van der Waals surface area (Å²) in [6, 6.07) is 2.36. The molecule has 0 amide bonds. The van der Waals surface area contributed by atoms with Crippen LogP contribution in [0.5, 0.6) is 5.88 Å². The molecule has 1 atom stereocenters. The lowest BCUT2D eigenvalue weighted by Crippen LogP contribution is -2.40. The van der Waals surface area contributed by atoms with Gasteiger partial charge in [-0.15, -0.1) is 0 Å². The van der Waals surface area contributed by atoms with Gasteiger partial charge in [0.15, 0.2) is 5.65 Å². The normalized spacial score (nSPS) is 17.6. The molecule has 26 heavy (non-hydrogen) atoms. The third-order valence-electron chi connectivity index (χ3n) is 4.23. The monoisotopic (exact) mass is 359 g/mol. The lowest BCUT2D eigenvalue weighted by Gasteiger charge is -2.36. The first kappa shape index (κ1) is 16.2. The first-order valence-corrected chi connectivity index (χ1v) is 7.81. The van der Waals surface area contributed by atoms with Gasteiger partial charge in [-0.05, 0) is 12.1 Å². The number of pyridine rings is 1. The minimum Gasteiger partial charge on any atom is -0.493 e. The van der Waals surface area contributed by atoms with E-state index in [1.54, 1.807) is 12.3 Å². The highest BCUT2D eigenvalue weighted by atomic mass is 19.1.